The summed E-state index contributed by atoms with van der Waals surface area (Å²) in [5, 5.41) is 10.0. The molecule has 1 aliphatic heterocycles. The van der Waals surface area contributed by atoms with Gasteiger partial charge in [0, 0.05) is 12.1 Å². The maximum atomic E-state index is 13.2. The summed E-state index contributed by atoms with van der Waals surface area (Å²) in [5.41, 5.74) is 1.92. The normalized spacial score (nSPS) is 22.0. The van der Waals surface area contributed by atoms with Crippen LogP contribution < -0.4 is 4.74 Å². The number of benzene rings is 2. The molecule has 1 aliphatic carbocycles. The summed E-state index contributed by atoms with van der Waals surface area (Å²) < 4.78 is 5.21. The molecule has 0 unspecified atom stereocenters. The predicted molar refractivity (Wildman–Crippen MR) is 96.3 cm³/mol. The number of carboxylic acids is 1. The fourth-order valence-corrected chi connectivity index (χ4v) is 3.81. The molecule has 1 saturated carbocycles. The Bertz CT molecular complexity index is 841. The van der Waals surface area contributed by atoms with Crippen LogP contribution in [0, 0.1) is 5.92 Å². The van der Waals surface area contributed by atoms with Gasteiger partial charge >= 0.3 is 5.97 Å². The van der Waals surface area contributed by atoms with E-state index in [2.05, 4.69) is 0 Å². The van der Waals surface area contributed by atoms with Gasteiger partial charge in [-0.2, -0.15) is 0 Å². The highest BCUT2D eigenvalue weighted by Gasteiger charge is 2.45. The molecule has 2 aromatic rings. The molecule has 2 aliphatic rings. The van der Waals surface area contributed by atoms with E-state index in [0.717, 1.165) is 18.4 Å². The Morgan fingerprint density at radius 3 is 2.46 bits per heavy atom. The van der Waals surface area contributed by atoms with E-state index in [1.54, 1.807) is 36.3 Å². The molecular formula is C21H21NO4. The standard InChI is InChI=1S/C21H21NO4/c1-26-15-10-8-14(9-11-15)19-18(21(24)25)16-4-2-3-5-17(16)20(23)22(19)12-13-6-7-13/h2-5,8-11,13,18-19H,6-7,12H2,1H3,(H,24,25)/t18-,19-/m1/s1. The fraction of sp³-hybridized carbons (Fsp3) is 0.333. The van der Waals surface area contributed by atoms with Gasteiger partial charge in [-0.3, -0.25) is 9.59 Å². The monoisotopic (exact) mass is 351 g/mol. The van der Waals surface area contributed by atoms with Gasteiger partial charge in [-0.05, 0) is 48.1 Å². The van der Waals surface area contributed by atoms with Crippen LogP contribution in [0.5, 0.6) is 5.75 Å². The van der Waals surface area contributed by atoms with Crippen LogP contribution >= 0.6 is 0 Å². The molecule has 2 aromatic carbocycles. The molecular weight excluding hydrogens is 330 g/mol. The van der Waals surface area contributed by atoms with E-state index in [9.17, 15) is 14.7 Å². The van der Waals surface area contributed by atoms with E-state index in [4.69, 9.17) is 4.74 Å². The highest BCUT2D eigenvalue weighted by atomic mass is 16.5. The number of carbonyl (C=O) groups excluding carboxylic acids is 1. The number of methoxy groups -OCH3 is 1. The summed E-state index contributed by atoms with van der Waals surface area (Å²) in [6.45, 7) is 0.605. The topological polar surface area (TPSA) is 66.8 Å². The first-order chi connectivity index (χ1) is 12.6. The maximum Gasteiger partial charge on any atom is 0.313 e. The molecule has 5 nitrogen and oxygen atoms in total. The zero-order valence-corrected chi connectivity index (χ0v) is 14.6. The van der Waals surface area contributed by atoms with Crippen molar-refractivity contribution in [1.82, 2.24) is 4.90 Å². The Labute approximate surface area is 152 Å². The summed E-state index contributed by atoms with van der Waals surface area (Å²) in [5.74, 6) is -0.593. The molecule has 1 heterocycles. The van der Waals surface area contributed by atoms with Gasteiger partial charge in [-0.25, -0.2) is 0 Å². The lowest BCUT2D eigenvalue weighted by molar-refractivity contribution is -0.140. The van der Waals surface area contributed by atoms with Crippen molar-refractivity contribution >= 4 is 11.9 Å². The Balaban J connectivity index is 1.84. The van der Waals surface area contributed by atoms with Gasteiger partial charge in [-0.1, -0.05) is 30.3 Å². The second-order valence-corrected chi connectivity index (χ2v) is 7.02. The SMILES string of the molecule is COc1ccc([C@@H]2[C@H](C(=O)O)c3ccccc3C(=O)N2CC2CC2)cc1. The Kier molecular flexibility index (Phi) is 4.15. The van der Waals surface area contributed by atoms with Gasteiger partial charge in [-0.15, -0.1) is 0 Å². The molecule has 0 bridgehead atoms. The van der Waals surface area contributed by atoms with Crippen LogP contribution in [-0.2, 0) is 4.79 Å². The zero-order valence-electron chi connectivity index (χ0n) is 14.6. The van der Waals surface area contributed by atoms with Crippen molar-refractivity contribution in [3.8, 4) is 5.75 Å². The predicted octanol–water partition coefficient (Wildman–Crippen LogP) is 3.47. The molecule has 0 radical (unpaired) electrons. The number of rotatable bonds is 5. The lowest BCUT2D eigenvalue weighted by atomic mass is 9.79. The summed E-state index contributed by atoms with van der Waals surface area (Å²) in [6.07, 6.45) is 2.19. The number of amides is 1. The Morgan fingerprint density at radius 1 is 1.15 bits per heavy atom. The van der Waals surface area contributed by atoms with Crippen LogP contribution in [0.3, 0.4) is 0 Å². The molecule has 134 valence electrons. The number of carbonyl (C=O) groups is 2. The Morgan fingerprint density at radius 2 is 1.85 bits per heavy atom. The van der Waals surface area contributed by atoms with Crippen molar-refractivity contribution in [1.29, 1.82) is 0 Å². The lowest BCUT2D eigenvalue weighted by Gasteiger charge is -2.41. The van der Waals surface area contributed by atoms with Crippen molar-refractivity contribution in [2.45, 2.75) is 24.8 Å². The third-order valence-electron chi connectivity index (χ3n) is 5.31. The average molecular weight is 351 g/mol. The first-order valence-electron chi connectivity index (χ1n) is 8.87. The highest BCUT2D eigenvalue weighted by molar-refractivity contribution is 6.00. The minimum atomic E-state index is -0.911. The van der Waals surface area contributed by atoms with E-state index in [-0.39, 0.29) is 5.91 Å². The van der Waals surface area contributed by atoms with Crippen LogP contribution in [0.4, 0.5) is 0 Å². The second kappa shape index (κ2) is 6.48. The van der Waals surface area contributed by atoms with Crippen molar-refractivity contribution in [3.05, 3.63) is 65.2 Å². The van der Waals surface area contributed by atoms with Crippen molar-refractivity contribution < 1.29 is 19.4 Å². The van der Waals surface area contributed by atoms with E-state index in [1.807, 2.05) is 24.3 Å². The van der Waals surface area contributed by atoms with Crippen LogP contribution in [0.25, 0.3) is 0 Å². The minimum Gasteiger partial charge on any atom is -0.497 e. The average Bonchev–Trinajstić information content (AvgIpc) is 3.48. The molecule has 26 heavy (non-hydrogen) atoms. The molecule has 2 atom stereocenters. The lowest BCUT2D eigenvalue weighted by Crippen LogP contribution is -2.45. The minimum absolute atomic E-state index is 0.0779. The van der Waals surface area contributed by atoms with Crippen molar-refractivity contribution in [2.75, 3.05) is 13.7 Å². The van der Waals surface area contributed by atoms with Gasteiger partial charge in [0.2, 0.25) is 0 Å². The summed E-state index contributed by atoms with van der Waals surface area (Å²) in [4.78, 5) is 27.1. The van der Waals surface area contributed by atoms with E-state index in [0.29, 0.717) is 29.3 Å². The molecule has 5 heteroatoms. The van der Waals surface area contributed by atoms with Crippen molar-refractivity contribution in [2.24, 2.45) is 5.92 Å². The highest BCUT2D eigenvalue weighted by Crippen LogP contribution is 2.45. The molecule has 1 fully saturated rings. The number of hydrogen-bond donors (Lipinski definition) is 1. The number of fused-ring (bicyclic) bond motifs is 1. The first kappa shape index (κ1) is 16.6. The smallest absolute Gasteiger partial charge is 0.313 e. The molecule has 0 saturated heterocycles. The van der Waals surface area contributed by atoms with Crippen LogP contribution in [0.1, 0.15) is 46.3 Å². The van der Waals surface area contributed by atoms with Gasteiger partial charge < -0.3 is 14.7 Å². The van der Waals surface area contributed by atoms with Gasteiger partial charge in [0.25, 0.3) is 5.91 Å². The number of nitrogens with zero attached hydrogens (tertiary/aromatic N) is 1. The van der Waals surface area contributed by atoms with Gasteiger partial charge in [0.15, 0.2) is 0 Å². The van der Waals surface area contributed by atoms with Gasteiger partial charge in [0.1, 0.15) is 11.7 Å². The van der Waals surface area contributed by atoms with Crippen molar-refractivity contribution in [3.63, 3.8) is 0 Å². The maximum absolute atomic E-state index is 13.2. The summed E-state index contributed by atoms with van der Waals surface area (Å²) >= 11 is 0. The largest absolute Gasteiger partial charge is 0.497 e. The van der Waals surface area contributed by atoms with E-state index < -0.39 is 17.9 Å². The fourth-order valence-electron chi connectivity index (χ4n) is 3.81. The molecule has 0 spiro atoms. The zero-order chi connectivity index (χ0) is 18.3. The third-order valence-corrected chi connectivity index (χ3v) is 5.31. The number of ether oxygens (including phenoxy) is 1. The van der Waals surface area contributed by atoms with E-state index >= 15 is 0 Å². The second-order valence-electron chi connectivity index (χ2n) is 7.02. The first-order valence-corrected chi connectivity index (χ1v) is 8.87. The molecule has 0 aromatic heterocycles. The van der Waals surface area contributed by atoms with E-state index in [1.165, 1.54) is 0 Å². The number of hydrogen-bond acceptors (Lipinski definition) is 3. The summed E-state index contributed by atoms with van der Waals surface area (Å²) in [6, 6.07) is 13.9. The third kappa shape index (κ3) is 2.83. The van der Waals surface area contributed by atoms with Crippen LogP contribution in [0.2, 0.25) is 0 Å². The van der Waals surface area contributed by atoms with Crippen LogP contribution in [0.15, 0.2) is 48.5 Å². The quantitative estimate of drug-likeness (QED) is 0.896. The van der Waals surface area contributed by atoms with Gasteiger partial charge in [0.05, 0.1) is 13.2 Å². The van der Waals surface area contributed by atoms with Crippen LogP contribution in [-0.4, -0.2) is 35.5 Å². The molecule has 1 amide bonds. The number of carboxylic acid groups (broad SMARTS) is 1. The molecule has 1 N–H and O–H groups in total. The molecule has 4 rings (SSSR count). The number of aliphatic carboxylic acids is 1. The Hall–Kier alpha value is -2.82. The summed E-state index contributed by atoms with van der Waals surface area (Å²) in [7, 11) is 1.59.